The summed E-state index contributed by atoms with van der Waals surface area (Å²) in [5.74, 6) is -0.0921. The van der Waals surface area contributed by atoms with Crippen molar-refractivity contribution >= 4 is 28.3 Å². The minimum Gasteiger partial charge on any atom is -0.469 e. The van der Waals surface area contributed by atoms with Gasteiger partial charge in [-0.05, 0) is 37.4 Å². The molecule has 5 nitrogen and oxygen atoms in total. The van der Waals surface area contributed by atoms with Crippen LogP contribution in [0.3, 0.4) is 0 Å². The number of esters is 1. The van der Waals surface area contributed by atoms with Crippen molar-refractivity contribution in [1.82, 2.24) is 4.90 Å². The molecule has 5 heteroatoms. The molecule has 1 N–H and O–H groups in total. The molecule has 0 spiro atoms. The maximum atomic E-state index is 12.3. The summed E-state index contributed by atoms with van der Waals surface area (Å²) in [6, 6.07) is 13.9. The summed E-state index contributed by atoms with van der Waals surface area (Å²) in [6.07, 6.45) is 2.06. The topological polar surface area (TPSA) is 58.6 Å². The third-order valence-corrected chi connectivity index (χ3v) is 4.84. The van der Waals surface area contributed by atoms with E-state index in [1.807, 2.05) is 42.5 Å². The van der Waals surface area contributed by atoms with Crippen LogP contribution in [0, 0.1) is 5.92 Å². The first kappa shape index (κ1) is 17.4. The van der Waals surface area contributed by atoms with Crippen LogP contribution in [0.25, 0.3) is 10.8 Å². The average molecular weight is 340 g/mol. The molecule has 0 saturated carbocycles. The van der Waals surface area contributed by atoms with Crippen LogP contribution in [-0.2, 0) is 14.3 Å². The molecule has 1 fully saturated rings. The molecule has 1 heterocycles. The van der Waals surface area contributed by atoms with E-state index in [4.69, 9.17) is 4.74 Å². The molecule has 132 valence electrons. The van der Waals surface area contributed by atoms with E-state index in [2.05, 4.69) is 10.2 Å². The van der Waals surface area contributed by atoms with Crippen LogP contribution >= 0.6 is 0 Å². The number of hydrogen-bond donors (Lipinski definition) is 1. The van der Waals surface area contributed by atoms with Gasteiger partial charge in [-0.1, -0.05) is 36.4 Å². The number of likely N-dealkylation sites (tertiary alicyclic amines) is 1. The molecule has 1 aliphatic heterocycles. The molecule has 1 saturated heterocycles. The summed E-state index contributed by atoms with van der Waals surface area (Å²) < 4.78 is 4.80. The van der Waals surface area contributed by atoms with Crippen molar-refractivity contribution < 1.29 is 14.3 Å². The number of benzene rings is 2. The van der Waals surface area contributed by atoms with Crippen LogP contribution < -0.4 is 5.32 Å². The predicted octanol–water partition coefficient (Wildman–Crippen LogP) is 3.05. The van der Waals surface area contributed by atoms with Gasteiger partial charge in [-0.3, -0.25) is 9.59 Å². The lowest BCUT2D eigenvalue weighted by molar-refractivity contribution is -0.147. The third kappa shape index (κ3) is 4.37. The van der Waals surface area contributed by atoms with Crippen LogP contribution in [0.1, 0.15) is 19.3 Å². The Balaban J connectivity index is 1.49. The summed E-state index contributed by atoms with van der Waals surface area (Å²) in [5, 5.41) is 5.19. The lowest BCUT2D eigenvalue weighted by Gasteiger charge is -2.30. The first-order chi connectivity index (χ1) is 12.2. The quantitative estimate of drug-likeness (QED) is 0.850. The fourth-order valence-electron chi connectivity index (χ4n) is 3.37. The van der Waals surface area contributed by atoms with E-state index >= 15 is 0 Å². The van der Waals surface area contributed by atoms with E-state index in [0.717, 1.165) is 42.4 Å². The molecule has 0 aliphatic carbocycles. The molecule has 0 bridgehead atoms. The minimum absolute atomic E-state index is 0.00533. The summed E-state index contributed by atoms with van der Waals surface area (Å²) in [6.45, 7) is 2.38. The highest BCUT2D eigenvalue weighted by Crippen LogP contribution is 2.23. The number of anilines is 1. The van der Waals surface area contributed by atoms with Gasteiger partial charge in [0.25, 0.3) is 0 Å². The van der Waals surface area contributed by atoms with Gasteiger partial charge in [-0.15, -0.1) is 0 Å². The number of ether oxygens (including phenoxy) is 1. The largest absolute Gasteiger partial charge is 0.469 e. The Morgan fingerprint density at radius 3 is 2.60 bits per heavy atom. The number of piperidine rings is 1. The number of carbonyl (C=O) groups is 2. The van der Waals surface area contributed by atoms with Gasteiger partial charge in [-0.25, -0.2) is 0 Å². The van der Waals surface area contributed by atoms with Gasteiger partial charge in [0.2, 0.25) is 5.91 Å². The van der Waals surface area contributed by atoms with Crippen molar-refractivity contribution in [2.75, 3.05) is 32.1 Å². The monoisotopic (exact) mass is 340 g/mol. The van der Waals surface area contributed by atoms with Crippen LogP contribution in [-0.4, -0.2) is 43.5 Å². The second kappa shape index (κ2) is 8.12. The summed E-state index contributed by atoms with van der Waals surface area (Å²) in [5.41, 5.74) is 0.854. The first-order valence-electron chi connectivity index (χ1n) is 8.75. The van der Waals surface area contributed by atoms with Gasteiger partial charge in [0, 0.05) is 24.0 Å². The van der Waals surface area contributed by atoms with Crippen LogP contribution in [0.2, 0.25) is 0 Å². The maximum Gasteiger partial charge on any atom is 0.308 e. The zero-order valence-corrected chi connectivity index (χ0v) is 14.5. The Hall–Kier alpha value is -2.40. The number of hydrogen-bond acceptors (Lipinski definition) is 4. The molecule has 2 aromatic rings. The number of nitrogens with one attached hydrogen (secondary N) is 1. The second-order valence-corrected chi connectivity index (χ2v) is 6.46. The van der Waals surface area contributed by atoms with Gasteiger partial charge in [0.1, 0.15) is 0 Å². The minimum atomic E-state index is -0.117. The van der Waals surface area contributed by atoms with Crippen molar-refractivity contribution in [3.05, 3.63) is 42.5 Å². The Morgan fingerprint density at radius 1 is 1.12 bits per heavy atom. The lowest BCUT2D eigenvalue weighted by Crippen LogP contribution is -2.38. The molecular formula is C20H24N2O3. The van der Waals surface area contributed by atoms with Crippen molar-refractivity contribution in [1.29, 1.82) is 0 Å². The Kier molecular flexibility index (Phi) is 5.66. The molecule has 2 aromatic carbocycles. The molecule has 0 radical (unpaired) electrons. The highest BCUT2D eigenvalue weighted by molar-refractivity contribution is 6.02. The zero-order chi connectivity index (χ0) is 17.6. The lowest BCUT2D eigenvalue weighted by atomic mass is 9.97. The fraction of sp³-hybridized carbons (Fsp3) is 0.400. The molecule has 0 unspecified atom stereocenters. The highest BCUT2D eigenvalue weighted by atomic mass is 16.5. The number of methoxy groups -OCH3 is 1. The SMILES string of the molecule is COC(=O)C1CCN(CCC(=O)Nc2cccc3ccccc23)CC1. The van der Waals surface area contributed by atoms with Crippen molar-refractivity contribution in [2.45, 2.75) is 19.3 Å². The molecule has 1 aliphatic rings. The molecule has 0 atom stereocenters. The van der Waals surface area contributed by atoms with Crippen molar-refractivity contribution in [2.24, 2.45) is 5.92 Å². The fourth-order valence-corrected chi connectivity index (χ4v) is 3.37. The second-order valence-electron chi connectivity index (χ2n) is 6.46. The Morgan fingerprint density at radius 2 is 1.84 bits per heavy atom. The smallest absolute Gasteiger partial charge is 0.308 e. The van der Waals surface area contributed by atoms with E-state index in [-0.39, 0.29) is 17.8 Å². The molecule has 25 heavy (non-hydrogen) atoms. The summed E-state index contributed by atoms with van der Waals surface area (Å²) >= 11 is 0. The van der Waals surface area contributed by atoms with Crippen LogP contribution in [0.4, 0.5) is 5.69 Å². The molecule has 0 aromatic heterocycles. The number of carbonyl (C=O) groups excluding carboxylic acids is 2. The number of nitrogens with zero attached hydrogens (tertiary/aromatic N) is 1. The van der Waals surface area contributed by atoms with E-state index in [1.165, 1.54) is 7.11 Å². The van der Waals surface area contributed by atoms with E-state index in [1.54, 1.807) is 0 Å². The molecule has 3 rings (SSSR count). The Bertz CT molecular complexity index is 746. The number of amides is 1. The van der Waals surface area contributed by atoms with E-state index in [9.17, 15) is 9.59 Å². The van der Waals surface area contributed by atoms with Crippen molar-refractivity contribution in [3.8, 4) is 0 Å². The predicted molar refractivity (Wildman–Crippen MR) is 98.4 cm³/mol. The van der Waals surface area contributed by atoms with Crippen molar-refractivity contribution in [3.63, 3.8) is 0 Å². The zero-order valence-electron chi connectivity index (χ0n) is 14.5. The van der Waals surface area contributed by atoms with Gasteiger partial charge in [0.05, 0.1) is 13.0 Å². The molecular weight excluding hydrogens is 316 g/mol. The number of rotatable bonds is 5. The third-order valence-electron chi connectivity index (χ3n) is 4.84. The van der Waals surface area contributed by atoms with Gasteiger partial charge in [-0.2, -0.15) is 0 Å². The molecule has 1 amide bonds. The van der Waals surface area contributed by atoms with Gasteiger partial charge in [0.15, 0.2) is 0 Å². The van der Waals surface area contributed by atoms with Gasteiger partial charge >= 0.3 is 5.97 Å². The van der Waals surface area contributed by atoms with Crippen LogP contribution in [0.5, 0.6) is 0 Å². The maximum absolute atomic E-state index is 12.3. The van der Waals surface area contributed by atoms with Crippen LogP contribution in [0.15, 0.2) is 42.5 Å². The summed E-state index contributed by atoms with van der Waals surface area (Å²) in [4.78, 5) is 26.1. The normalized spacial score (nSPS) is 15.9. The Labute approximate surface area is 148 Å². The standard InChI is InChI=1S/C20H24N2O3/c1-25-20(24)16-9-12-22(13-10-16)14-11-19(23)21-18-8-4-6-15-5-2-3-7-17(15)18/h2-8,16H,9-14H2,1H3,(H,21,23). The number of fused-ring (bicyclic) bond motifs is 1. The van der Waals surface area contributed by atoms with E-state index < -0.39 is 0 Å². The first-order valence-corrected chi connectivity index (χ1v) is 8.75. The van der Waals surface area contributed by atoms with Gasteiger partial charge < -0.3 is 15.0 Å². The van der Waals surface area contributed by atoms with E-state index in [0.29, 0.717) is 13.0 Å². The highest BCUT2D eigenvalue weighted by Gasteiger charge is 2.25. The summed E-state index contributed by atoms with van der Waals surface area (Å²) in [7, 11) is 1.44. The average Bonchev–Trinajstić information content (AvgIpc) is 2.66.